The number of rotatable bonds is 13. The molecule has 6 aromatic carbocycles. The summed E-state index contributed by atoms with van der Waals surface area (Å²) in [5, 5.41) is 25.2. The summed E-state index contributed by atoms with van der Waals surface area (Å²) in [7, 11) is 0. The zero-order chi connectivity index (χ0) is 38.9. The minimum absolute atomic E-state index is 0.0471. The third-order valence-corrected chi connectivity index (χ3v) is 10.8. The Kier molecular flexibility index (Phi) is 12.4. The number of carboxylic acids is 1. The van der Waals surface area contributed by atoms with Crippen LogP contribution in [0, 0.1) is 5.92 Å². The van der Waals surface area contributed by atoms with E-state index in [0.29, 0.717) is 28.6 Å². The number of aromatic carboxylic acids is 1. The molecule has 0 aromatic heterocycles. The summed E-state index contributed by atoms with van der Waals surface area (Å²) >= 11 is 1.46. The van der Waals surface area contributed by atoms with Crippen molar-refractivity contribution in [2.24, 2.45) is 5.92 Å². The van der Waals surface area contributed by atoms with E-state index in [-0.39, 0.29) is 36.3 Å². The molecule has 284 valence electrons. The Morgan fingerprint density at radius 2 is 1.39 bits per heavy atom. The van der Waals surface area contributed by atoms with Gasteiger partial charge in [0.1, 0.15) is 11.5 Å². The number of anilines is 1. The fourth-order valence-corrected chi connectivity index (χ4v) is 7.82. The maximum atomic E-state index is 12.9. The SMILES string of the molecule is C[C@@H]1[C@H](CSc2ccccc2C(=O)O)O[C@H](c2ccc(-c3ccccc3CNC(=O)Nc3ccc(Oc4ccccc4)cc3)cc2)O[C@@H]1c1ccc(CO)cc1. The van der Waals surface area contributed by atoms with Gasteiger partial charge in [-0.3, -0.25) is 0 Å². The number of hydrogen-bond acceptors (Lipinski definition) is 7. The van der Waals surface area contributed by atoms with Gasteiger partial charge in [-0.1, -0.05) is 110 Å². The number of urea groups is 1. The Balaban J connectivity index is 1.03. The van der Waals surface area contributed by atoms with Crippen LogP contribution in [0.15, 0.2) is 157 Å². The molecule has 0 spiro atoms. The molecule has 0 radical (unpaired) electrons. The lowest BCUT2D eigenvalue weighted by Crippen LogP contribution is -2.38. The molecular weight excluding hydrogens is 725 g/mol. The van der Waals surface area contributed by atoms with Crippen LogP contribution >= 0.6 is 11.8 Å². The summed E-state index contributed by atoms with van der Waals surface area (Å²) in [5.74, 6) is 0.910. The molecule has 4 N–H and O–H groups in total. The molecule has 0 aliphatic carbocycles. The minimum Gasteiger partial charge on any atom is -0.478 e. The monoisotopic (exact) mass is 766 g/mol. The van der Waals surface area contributed by atoms with Crippen molar-refractivity contribution in [3.05, 3.63) is 179 Å². The zero-order valence-electron chi connectivity index (χ0n) is 30.7. The van der Waals surface area contributed by atoms with E-state index in [4.69, 9.17) is 14.2 Å². The third kappa shape index (κ3) is 9.47. The predicted octanol–water partition coefficient (Wildman–Crippen LogP) is 10.2. The van der Waals surface area contributed by atoms with Gasteiger partial charge in [0.25, 0.3) is 0 Å². The van der Waals surface area contributed by atoms with Gasteiger partial charge in [-0.05, 0) is 76.3 Å². The molecule has 6 aromatic rings. The first kappa shape index (κ1) is 38.4. The molecule has 1 fully saturated rings. The van der Waals surface area contributed by atoms with Gasteiger partial charge in [-0.2, -0.15) is 0 Å². The van der Waals surface area contributed by atoms with Crippen molar-refractivity contribution in [2.75, 3.05) is 11.1 Å². The van der Waals surface area contributed by atoms with Gasteiger partial charge in [-0.15, -0.1) is 11.8 Å². The van der Waals surface area contributed by atoms with E-state index in [1.807, 2.05) is 127 Å². The first-order valence-corrected chi connectivity index (χ1v) is 19.3. The van der Waals surface area contributed by atoms with Gasteiger partial charge in [0.15, 0.2) is 6.29 Å². The van der Waals surface area contributed by atoms with Crippen LogP contribution in [0.2, 0.25) is 0 Å². The van der Waals surface area contributed by atoms with E-state index in [1.54, 1.807) is 24.3 Å². The molecule has 1 aliphatic heterocycles. The van der Waals surface area contributed by atoms with Crippen LogP contribution in [0.1, 0.15) is 51.9 Å². The number of nitrogens with one attached hydrogen (secondary N) is 2. The number of ether oxygens (including phenoxy) is 3. The summed E-state index contributed by atoms with van der Waals surface area (Å²) in [5.41, 5.74) is 6.43. The zero-order valence-corrected chi connectivity index (χ0v) is 31.5. The fourth-order valence-electron chi connectivity index (χ4n) is 6.61. The van der Waals surface area contributed by atoms with E-state index in [9.17, 15) is 19.8 Å². The molecule has 10 heteroatoms. The van der Waals surface area contributed by atoms with Gasteiger partial charge < -0.3 is 35.1 Å². The number of carbonyl (C=O) groups is 2. The maximum Gasteiger partial charge on any atom is 0.336 e. The summed E-state index contributed by atoms with van der Waals surface area (Å²) in [6.45, 7) is 2.35. The van der Waals surface area contributed by atoms with Crippen LogP contribution in [0.5, 0.6) is 11.5 Å². The average molecular weight is 767 g/mol. The van der Waals surface area contributed by atoms with Crippen LogP contribution < -0.4 is 15.4 Å². The van der Waals surface area contributed by atoms with Crippen LogP contribution in [0.3, 0.4) is 0 Å². The van der Waals surface area contributed by atoms with Crippen LogP contribution in [0.25, 0.3) is 11.1 Å². The Bertz CT molecular complexity index is 2230. The highest BCUT2D eigenvalue weighted by Gasteiger charge is 2.38. The van der Waals surface area contributed by atoms with Gasteiger partial charge in [-0.25, -0.2) is 9.59 Å². The van der Waals surface area contributed by atoms with Gasteiger partial charge in [0.2, 0.25) is 0 Å². The first-order chi connectivity index (χ1) is 27.3. The lowest BCUT2D eigenvalue weighted by Gasteiger charge is -2.41. The number of aliphatic hydroxyl groups is 1. The third-order valence-electron chi connectivity index (χ3n) is 9.69. The number of carboxylic acid groups (broad SMARTS) is 1. The minimum atomic E-state index is -0.967. The smallest absolute Gasteiger partial charge is 0.336 e. The second-order valence-electron chi connectivity index (χ2n) is 13.5. The standard InChI is InChI=1S/C46H42N2O7S/c1-30-41(29-56-42-14-8-7-13-40(42)44(50)51)54-45(55-43(30)33-17-15-31(28-49)16-18-33)34-21-19-32(20-22-34)39-12-6-5-9-35(39)27-47-46(52)48-36-23-25-38(26-24-36)53-37-10-3-2-4-11-37/h2-26,30,41,43,45,49H,27-29H2,1H3,(H,50,51)(H2,47,48,52)/t30-,41+,43+,45+/m1/s1. The Morgan fingerprint density at radius 1 is 0.732 bits per heavy atom. The summed E-state index contributed by atoms with van der Waals surface area (Å²) in [6, 6.07) is 47.1. The Hall–Kier alpha value is -5.91. The molecule has 0 unspecified atom stereocenters. The highest BCUT2D eigenvalue weighted by molar-refractivity contribution is 7.99. The Morgan fingerprint density at radius 3 is 2.12 bits per heavy atom. The van der Waals surface area contributed by atoms with Gasteiger partial charge >= 0.3 is 12.0 Å². The average Bonchev–Trinajstić information content (AvgIpc) is 3.24. The van der Waals surface area contributed by atoms with E-state index in [2.05, 4.69) is 17.6 Å². The molecule has 56 heavy (non-hydrogen) atoms. The number of hydrogen-bond donors (Lipinski definition) is 4. The lowest BCUT2D eigenvalue weighted by atomic mass is 9.91. The van der Waals surface area contributed by atoms with Crippen LogP contribution in [0.4, 0.5) is 10.5 Å². The molecular formula is C46H42N2O7S. The number of thioether (sulfide) groups is 1. The lowest BCUT2D eigenvalue weighted by molar-refractivity contribution is -0.268. The highest BCUT2D eigenvalue weighted by atomic mass is 32.2. The number of para-hydroxylation sites is 1. The molecule has 0 saturated carbocycles. The second kappa shape index (κ2) is 18.1. The number of carbonyl (C=O) groups excluding carboxylic acids is 1. The van der Waals surface area contributed by atoms with E-state index < -0.39 is 12.3 Å². The van der Waals surface area contributed by atoms with Gasteiger partial charge in [0.05, 0.1) is 24.4 Å². The summed E-state index contributed by atoms with van der Waals surface area (Å²) in [4.78, 5) is 25.5. The van der Waals surface area contributed by atoms with Crippen LogP contribution in [-0.4, -0.2) is 34.1 Å². The predicted molar refractivity (Wildman–Crippen MR) is 218 cm³/mol. The quantitative estimate of drug-likeness (QED) is 0.0856. The maximum absolute atomic E-state index is 12.9. The summed E-state index contributed by atoms with van der Waals surface area (Å²) < 4.78 is 19.1. The van der Waals surface area contributed by atoms with E-state index in [0.717, 1.165) is 39.1 Å². The molecule has 0 bridgehead atoms. The number of benzene rings is 6. The molecule has 1 saturated heterocycles. The summed E-state index contributed by atoms with van der Waals surface area (Å²) in [6.07, 6.45) is -1.25. The molecule has 7 rings (SSSR count). The second-order valence-corrected chi connectivity index (χ2v) is 14.5. The van der Waals surface area contributed by atoms with E-state index >= 15 is 0 Å². The molecule has 1 aliphatic rings. The molecule has 4 atom stereocenters. The van der Waals surface area contributed by atoms with E-state index in [1.165, 1.54) is 11.8 Å². The first-order valence-electron chi connectivity index (χ1n) is 18.4. The molecule has 2 amide bonds. The van der Waals surface area contributed by atoms with Crippen molar-refractivity contribution in [1.29, 1.82) is 0 Å². The van der Waals surface area contributed by atoms with Crippen molar-refractivity contribution in [3.8, 4) is 22.6 Å². The topological polar surface area (TPSA) is 126 Å². The molecule has 9 nitrogen and oxygen atoms in total. The van der Waals surface area contributed by atoms with Crippen molar-refractivity contribution in [3.63, 3.8) is 0 Å². The number of amides is 2. The van der Waals surface area contributed by atoms with Crippen molar-refractivity contribution >= 4 is 29.4 Å². The Labute approximate surface area is 330 Å². The van der Waals surface area contributed by atoms with Crippen molar-refractivity contribution in [2.45, 2.75) is 43.5 Å². The largest absolute Gasteiger partial charge is 0.478 e. The van der Waals surface area contributed by atoms with Crippen molar-refractivity contribution in [1.82, 2.24) is 5.32 Å². The number of aliphatic hydroxyl groups excluding tert-OH is 1. The normalized spacial score (nSPS) is 17.8. The van der Waals surface area contributed by atoms with Crippen molar-refractivity contribution < 1.29 is 34.0 Å². The fraction of sp³-hybridized carbons (Fsp3) is 0.174. The highest BCUT2D eigenvalue weighted by Crippen LogP contribution is 2.43. The molecule has 1 heterocycles. The van der Waals surface area contributed by atoms with Crippen LogP contribution in [-0.2, 0) is 22.6 Å². The van der Waals surface area contributed by atoms with Gasteiger partial charge in [0, 0.05) is 34.4 Å².